The van der Waals surface area contributed by atoms with E-state index in [-0.39, 0.29) is 17.4 Å². The molecule has 0 fully saturated rings. The van der Waals surface area contributed by atoms with E-state index < -0.39 is 0 Å². The van der Waals surface area contributed by atoms with Crippen molar-refractivity contribution in [1.29, 1.82) is 0 Å². The summed E-state index contributed by atoms with van der Waals surface area (Å²) >= 11 is 0. The lowest BCUT2D eigenvalue weighted by molar-refractivity contribution is 0.0134. The van der Waals surface area contributed by atoms with Gasteiger partial charge >= 0.3 is 0 Å². The van der Waals surface area contributed by atoms with E-state index in [0.717, 1.165) is 25.3 Å². The van der Waals surface area contributed by atoms with Crippen molar-refractivity contribution in [3.8, 4) is 0 Å². The summed E-state index contributed by atoms with van der Waals surface area (Å²) < 4.78 is 2.04. The van der Waals surface area contributed by atoms with E-state index in [1.165, 1.54) is 11.3 Å². The van der Waals surface area contributed by atoms with Gasteiger partial charge in [-0.1, -0.05) is 27.7 Å². The average Bonchev–Trinajstić information content (AvgIpc) is 2.64. The van der Waals surface area contributed by atoms with E-state index in [2.05, 4.69) is 58.9 Å². The van der Waals surface area contributed by atoms with Gasteiger partial charge in [-0.05, 0) is 26.7 Å². The van der Waals surface area contributed by atoms with Crippen LogP contribution in [0.5, 0.6) is 0 Å². The van der Waals surface area contributed by atoms with E-state index >= 15 is 0 Å². The van der Waals surface area contributed by atoms with Gasteiger partial charge in [0.05, 0.1) is 11.8 Å². The van der Waals surface area contributed by atoms with E-state index in [4.69, 9.17) is 0 Å². The van der Waals surface area contributed by atoms with Crippen molar-refractivity contribution >= 4 is 0 Å². The lowest BCUT2D eigenvalue weighted by Gasteiger charge is -2.33. The molecule has 1 rings (SSSR count). The fourth-order valence-corrected chi connectivity index (χ4v) is 2.81. The van der Waals surface area contributed by atoms with Gasteiger partial charge < -0.3 is 10.4 Å². The van der Waals surface area contributed by atoms with E-state index in [1.54, 1.807) is 0 Å². The summed E-state index contributed by atoms with van der Waals surface area (Å²) in [5.74, 6) is 0.276. The van der Waals surface area contributed by atoms with Crippen molar-refractivity contribution in [2.75, 3.05) is 6.54 Å². The van der Waals surface area contributed by atoms with Crippen LogP contribution in [0.2, 0.25) is 0 Å². The standard InChI is InChI=1S/C16H31N3O/c1-8-19-13(5)14(12(4)18-19)9-17-10-16(6,7)15(20)11(2)3/h11,15,17,20H,8-10H2,1-7H3. The van der Waals surface area contributed by atoms with Crippen LogP contribution in [0.15, 0.2) is 0 Å². The van der Waals surface area contributed by atoms with Crippen molar-refractivity contribution in [2.45, 2.75) is 67.7 Å². The number of aliphatic hydroxyl groups is 1. The molecule has 0 radical (unpaired) electrons. The van der Waals surface area contributed by atoms with Gasteiger partial charge in [-0.25, -0.2) is 0 Å². The zero-order valence-electron chi connectivity index (χ0n) is 14.1. The van der Waals surface area contributed by atoms with Gasteiger partial charge in [-0.15, -0.1) is 0 Å². The second-order valence-electron chi connectivity index (χ2n) is 6.75. The van der Waals surface area contributed by atoms with E-state index in [9.17, 15) is 5.11 Å². The summed E-state index contributed by atoms with van der Waals surface area (Å²) in [7, 11) is 0. The minimum atomic E-state index is -0.296. The van der Waals surface area contributed by atoms with Gasteiger partial charge in [0.1, 0.15) is 0 Å². The van der Waals surface area contributed by atoms with Crippen LogP contribution in [-0.2, 0) is 13.1 Å². The van der Waals surface area contributed by atoms with E-state index in [1.807, 2.05) is 4.68 Å². The van der Waals surface area contributed by atoms with Crippen LogP contribution < -0.4 is 5.32 Å². The van der Waals surface area contributed by atoms with Gasteiger partial charge in [0.2, 0.25) is 0 Å². The molecule has 0 saturated heterocycles. The number of nitrogens with one attached hydrogen (secondary N) is 1. The normalized spacial score (nSPS) is 14.1. The van der Waals surface area contributed by atoms with Crippen molar-refractivity contribution in [3.63, 3.8) is 0 Å². The molecule has 1 unspecified atom stereocenters. The Morgan fingerprint density at radius 1 is 1.30 bits per heavy atom. The highest BCUT2D eigenvalue weighted by atomic mass is 16.3. The maximum Gasteiger partial charge on any atom is 0.0641 e. The maximum absolute atomic E-state index is 10.2. The Kier molecular flexibility index (Phi) is 5.78. The summed E-state index contributed by atoms with van der Waals surface area (Å²) in [6.45, 7) is 17.1. The zero-order valence-corrected chi connectivity index (χ0v) is 14.1. The molecule has 0 aliphatic heterocycles. The Balaban J connectivity index is 2.63. The topological polar surface area (TPSA) is 50.1 Å². The van der Waals surface area contributed by atoms with E-state index in [0.29, 0.717) is 0 Å². The Bertz CT molecular complexity index is 435. The highest BCUT2D eigenvalue weighted by Crippen LogP contribution is 2.25. The SMILES string of the molecule is CCn1nc(C)c(CNCC(C)(C)C(O)C(C)C)c1C. The molecule has 0 saturated carbocycles. The maximum atomic E-state index is 10.2. The molecule has 0 amide bonds. The quantitative estimate of drug-likeness (QED) is 0.808. The zero-order chi connectivity index (χ0) is 15.5. The Morgan fingerprint density at radius 3 is 2.35 bits per heavy atom. The molecule has 20 heavy (non-hydrogen) atoms. The molecule has 1 atom stereocenters. The Labute approximate surface area is 123 Å². The number of rotatable bonds is 7. The molecule has 1 aromatic heterocycles. The number of aromatic nitrogens is 2. The molecule has 4 heteroatoms. The predicted octanol–water partition coefficient (Wildman–Crippen LogP) is 2.65. The van der Waals surface area contributed by atoms with Crippen LogP contribution in [0.4, 0.5) is 0 Å². The van der Waals surface area contributed by atoms with Gasteiger partial charge in [-0.3, -0.25) is 4.68 Å². The molecule has 0 aliphatic carbocycles. The number of hydrogen-bond acceptors (Lipinski definition) is 3. The van der Waals surface area contributed by atoms with Gasteiger partial charge in [-0.2, -0.15) is 5.10 Å². The first-order valence-corrected chi connectivity index (χ1v) is 7.62. The highest BCUT2D eigenvalue weighted by Gasteiger charge is 2.29. The highest BCUT2D eigenvalue weighted by molar-refractivity contribution is 5.24. The summed E-state index contributed by atoms with van der Waals surface area (Å²) in [4.78, 5) is 0. The van der Waals surface area contributed by atoms with Gasteiger partial charge in [0.15, 0.2) is 0 Å². The summed E-state index contributed by atoms with van der Waals surface area (Å²) in [5.41, 5.74) is 3.48. The van der Waals surface area contributed by atoms with Crippen LogP contribution in [0.1, 0.15) is 51.6 Å². The fraction of sp³-hybridized carbons (Fsp3) is 0.812. The second-order valence-corrected chi connectivity index (χ2v) is 6.75. The first kappa shape index (κ1) is 17.2. The third-order valence-corrected chi connectivity index (χ3v) is 4.15. The lowest BCUT2D eigenvalue weighted by Crippen LogP contribution is -2.41. The minimum Gasteiger partial charge on any atom is -0.392 e. The third-order valence-electron chi connectivity index (χ3n) is 4.15. The fourth-order valence-electron chi connectivity index (χ4n) is 2.81. The molecular formula is C16H31N3O. The van der Waals surface area contributed by atoms with Crippen LogP contribution in [0, 0.1) is 25.2 Å². The molecular weight excluding hydrogens is 250 g/mol. The number of hydrogen-bond donors (Lipinski definition) is 2. The molecule has 0 aromatic carbocycles. The van der Waals surface area contributed by atoms with Crippen molar-refractivity contribution in [2.24, 2.45) is 11.3 Å². The molecule has 2 N–H and O–H groups in total. The monoisotopic (exact) mass is 281 g/mol. The Morgan fingerprint density at radius 2 is 1.90 bits per heavy atom. The second kappa shape index (κ2) is 6.72. The summed E-state index contributed by atoms with van der Waals surface area (Å²) in [6, 6.07) is 0. The van der Waals surface area contributed by atoms with Crippen molar-refractivity contribution in [3.05, 3.63) is 17.0 Å². The van der Waals surface area contributed by atoms with Crippen LogP contribution >= 0.6 is 0 Å². The minimum absolute atomic E-state index is 0.128. The largest absolute Gasteiger partial charge is 0.392 e. The summed E-state index contributed by atoms with van der Waals surface area (Å²) in [5, 5.41) is 18.3. The van der Waals surface area contributed by atoms with Crippen molar-refractivity contribution in [1.82, 2.24) is 15.1 Å². The van der Waals surface area contributed by atoms with Gasteiger partial charge in [0, 0.05) is 36.3 Å². The molecule has 0 spiro atoms. The first-order valence-electron chi connectivity index (χ1n) is 7.62. The van der Waals surface area contributed by atoms with Crippen molar-refractivity contribution < 1.29 is 5.11 Å². The van der Waals surface area contributed by atoms with Crippen LogP contribution in [0.25, 0.3) is 0 Å². The average molecular weight is 281 g/mol. The molecule has 4 nitrogen and oxygen atoms in total. The molecule has 0 aliphatic rings. The predicted molar refractivity (Wildman–Crippen MR) is 83.7 cm³/mol. The first-order chi connectivity index (χ1) is 9.20. The molecule has 1 heterocycles. The third kappa shape index (κ3) is 3.83. The lowest BCUT2D eigenvalue weighted by atomic mass is 9.80. The van der Waals surface area contributed by atoms with Gasteiger partial charge in [0.25, 0.3) is 0 Å². The van der Waals surface area contributed by atoms with Crippen LogP contribution in [0.3, 0.4) is 0 Å². The molecule has 0 bridgehead atoms. The molecule has 1 aromatic rings. The van der Waals surface area contributed by atoms with Crippen LogP contribution in [-0.4, -0.2) is 27.5 Å². The summed E-state index contributed by atoms with van der Waals surface area (Å²) in [6.07, 6.45) is -0.296. The molecule has 116 valence electrons. The number of aliphatic hydroxyl groups excluding tert-OH is 1. The number of nitrogens with zero attached hydrogens (tertiary/aromatic N) is 2. The Hall–Kier alpha value is -0.870. The number of aryl methyl sites for hydroxylation is 2. The smallest absolute Gasteiger partial charge is 0.0641 e.